The summed E-state index contributed by atoms with van der Waals surface area (Å²) in [7, 11) is -3.58. The molecule has 4 N–H and O–H groups in total. The van der Waals surface area contributed by atoms with E-state index >= 15 is 0 Å². The van der Waals surface area contributed by atoms with Crippen molar-refractivity contribution in [2.45, 2.75) is 18.4 Å². The maximum absolute atomic E-state index is 12.1. The highest BCUT2D eigenvalue weighted by Gasteiger charge is 2.17. The molecule has 1 aromatic carbocycles. The first-order valence-corrected chi connectivity index (χ1v) is 7.79. The Kier molecular flexibility index (Phi) is 4.75. The van der Waals surface area contributed by atoms with Crippen molar-refractivity contribution in [1.29, 1.82) is 0 Å². The number of nitrogens with one attached hydrogen (secondary N) is 2. The molecule has 1 heterocycles. The fourth-order valence-electron chi connectivity index (χ4n) is 1.78. The first-order valence-electron chi connectivity index (χ1n) is 6.30. The molecule has 7 heteroatoms. The van der Waals surface area contributed by atoms with Gasteiger partial charge in [0.05, 0.1) is 18.4 Å². The lowest BCUT2D eigenvalue weighted by atomic mass is 10.1. The third kappa shape index (κ3) is 3.92. The predicted octanol–water partition coefficient (Wildman–Crippen LogP) is 0.507. The number of aryl methyl sites for hydroxylation is 1. The molecule has 0 radical (unpaired) electrons. The zero-order chi connectivity index (χ0) is 15.3. The van der Waals surface area contributed by atoms with Gasteiger partial charge in [0.2, 0.25) is 10.0 Å². The largest absolute Gasteiger partial charge is 0.320 e. The third-order valence-corrected chi connectivity index (χ3v) is 4.32. The SMILES string of the molecule is Cc1[nH]ncc1S(=O)(=O)NCc1cccc(C#CCN)c1. The van der Waals surface area contributed by atoms with E-state index in [2.05, 4.69) is 26.8 Å². The number of H-pyrrole nitrogens is 1. The van der Waals surface area contributed by atoms with Gasteiger partial charge in [-0.2, -0.15) is 5.10 Å². The lowest BCUT2D eigenvalue weighted by Gasteiger charge is -2.06. The average Bonchev–Trinajstić information content (AvgIpc) is 2.91. The highest BCUT2D eigenvalue weighted by Crippen LogP contribution is 2.12. The summed E-state index contributed by atoms with van der Waals surface area (Å²) < 4.78 is 26.8. The van der Waals surface area contributed by atoms with E-state index in [1.54, 1.807) is 6.92 Å². The van der Waals surface area contributed by atoms with Crippen molar-refractivity contribution in [1.82, 2.24) is 14.9 Å². The Morgan fingerprint density at radius 3 is 2.90 bits per heavy atom. The quantitative estimate of drug-likeness (QED) is 0.716. The molecule has 0 bridgehead atoms. The number of aromatic nitrogens is 2. The molecule has 0 atom stereocenters. The van der Waals surface area contributed by atoms with E-state index in [4.69, 9.17) is 5.73 Å². The van der Waals surface area contributed by atoms with Crippen LogP contribution >= 0.6 is 0 Å². The van der Waals surface area contributed by atoms with Crippen molar-refractivity contribution < 1.29 is 8.42 Å². The summed E-state index contributed by atoms with van der Waals surface area (Å²) in [6, 6.07) is 7.33. The molecule has 110 valence electrons. The lowest BCUT2D eigenvalue weighted by Crippen LogP contribution is -2.23. The molecular weight excluding hydrogens is 288 g/mol. The summed E-state index contributed by atoms with van der Waals surface area (Å²) in [4.78, 5) is 0.154. The van der Waals surface area contributed by atoms with Crippen LogP contribution in [0.3, 0.4) is 0 Å². The Morgan fingerprint density at radius 1 is 1.43 bits per heavy atom. The topological polar surface area (TPSA) is 101 Å². The van der Waals surface area contributed by atoms with Crippen LogP contribution in [0.2, 0.25) is 0 Å². The van der Waals surface area contributed by atoms with Gasteiger partial charge in [0, 0.05) is 12.1 Å². The predicted molar refractivity (Wildman–Crippen MR) is 79.7 cm³/mol. The summed E-state index contributed by atoms with van der Waals surface area (Å²) in [5.74, 6) is 5.67. The molecule has 0 saturated heterocycles. The van der Waals surface area contributed by atoms with E-state index in [0.29, 0.717) is 5.69 Å². The van der Waals surface area contributed by atoms with Crippen molar-refractivity contribution in [2.24, 2.45) is 5.73 Å². The van der Waals surface area contributed by atoms with Crippen molar-refractivity contribution in [3.05, 3.63) is 47.3 Å². The molecule has 0 fully saturated rings. The van der Waals surface area contributed by atoms with E-state index < -0.39 is 10.0 Å². The van der Waals surface area contributed by atoms with Gasteiger partial charge < -0.3 is 5.73 Å². The second-order valence-electron chi connectivity index (χ2n) is 4.39. The van der Waals surface area contributed by atoms with Crippen LogP contribution in [-0.2, 0) is 16.6 Å². The highest BCUT2D eigenvalue weighted by molar-refractivity contribution is 7.89. The number of aromatic amines is 1. The molecule has 0 aliphatic carbocycles. The summed E-state index contributed by atoms with van der Waals surface area (Å²) >= 11 is 0. The highest BCUT2D eigenvalue weighted by atomic mass is 32.2. The minimum Gasteiger partial charge on any atom is -0.320 e. The van der Waals surface area contributed by atoms with E-state index in [0.717, 1.165) is 11.1 Å². The monoisotopic (exact) mass is 304 g/mol. The van der Waals surface area contributed by atoms with Crippen LogP contribution in [-0.4, -0.2) is 25.2 Å². The Morgan fingerprint density at radius 2 is 2.24 bits per heavy atom. The number of rotatable bonds is 4. The second kappa shape index (κ2) is 6.54. The molecule has 2 aromatic rings. The van der Waals surface area contributed by atoms with Gasteiger partial charge >= 0.3 is 0 Å². The van der Waals surface area contributed by atoms with Gasteiger partial charge in [-0.25, -0.2) is 13.1 Å². The maximum Gasteiger partial charge on any atom is 0.244 e. The lowest BCUT2D eigenvalue weighted by molar-refractivity contribution is 0.581. The van der Waals surface area contributed by atoms with E-state index in [1.807, 2.05) is 24.3 Å². The number of nitrogens with zero attached hydrogens (tertiary/aromatic N) is 1. The maximum atomic E-state index is 12.1. The summed E-state index contributed by atoms with van der Waals surface area (Å²) in [5.41, 5.74) is 7.45. The molecule has 0 spiro atoms. The van der Waals surface area contributed by atoms with Crippen LogP contribution < -0.4 is 10.5 Å². The smallest absolute Gasteiger partial charge is 0.244 e. The molecule has 1 aromatic heterocycles. The van der Waals surface area contributed by atoms with Crippen LogP contribution in [0, 0.1) is 18.8 Å². The van der Waals surface area contributed by atoms with Gasteiger partial charge in [0.1, 0.15) is 4.90 Å². The molecule has 0 aliphatic heterocycles. The molecule has 0 saturated carbocycles. The molecule has 0 aliphatic rings. The number of nitrogens with two attached hydrogens (primary N) is 1. The van der Waals surface area contributed by atoms with Crippen LogP contribution in [0.25, 0.3) is 0 Å². The van der Waals surface area contributed by atoms with Gasteiger partial charge in [-0.15, -0.1) is 0 Å². The Balaban J connectivity index is 2.11. The van der Waals surface area contributed by atoms with Crippen LogP contribution in [0.4, 0.5) is 0 Å². The average molecular weight is 304 g/mol. The summed E-state index contributed by atoms with van der Waals surface area (Å²) in [6.07, 6.45) is 1.29. The van der Waals surface area contributed by atoms with Crippen LogP contribution in [0.1, 0.15) is 16.8 Å². The fourth-order valence-corrected chi connectivity index (χ4v) is 2.93. The number of benzene rings is 1. The fraction of sp³-hybridized carbons (Fsp3) is 0.214. The summed E-state index contributed by atoms with van der Waals surface area (Å²) in [6.45, 7) is 2.13. The van der Waals surface area contributed by atoms with Gasteiger partial charge in [0.25, 0.3) is 0 Å². The number of hydrogen-bond donors (Lipinski definition) is 3. The molecular formula is C14H16N4O2S. The van der Waals surface area contributed by atoms with Gasteiger partial charge in [-0.1, -0.05) is 24.0 Å². The number of sulfonamides is 1. The minimum atomic E-state index is -3.58. The van der Waals surface area contributed by atoms with Gasteiger partial charge in [-0.3, -0.25) is 5.10 Å². The molecule has 0 amide bonds. The third-order valence-electron chi connectivity index (χ3n) is 2.80. The molecule has 2 rings (SSSR count). The zero-order valence-electron chi connectivity index (χ0n) is 11.6. The van der Waals surface area contributed by atoms with Crippen molar-refractivity contribution >= 4 is 10.0 Å². The van der Waals surface area contributed by atoms with Crippen molar-refractivity contribution in [2.75, 3.05) is 6.54 Å². The van der Waals surface area contributed by atoms with E-state index in [-0.39, 0.29) is 18.0 Å². The Labute approximate surface area is 123 Å². The van der Waals surface area contributed by atoms with Crippen molar-refractivity contribution in [3.63, 3.8) is 0 Å². The second-order valence-corrected chi connectivity index (χ2v) is 6.13. The Hall–Kier alpha value is -2.14. The van der Waals surface area contributed by atoms with Crippen LogP contribution in [0.15, 0.2) is 35.4 Å². The standard InChI is InChI=1S/C14H16N4O2S/c1-11-14(10-16-18-11)21(19,20)17-9-13-5-2-4-12(8-13)6-3-7-15/h2,4-5,8,10,17H,7,9,15H2,1H3,(H,16,18). The van der Waals surface area contributed by atoms with Crippen molar-refractivity contribution in [3.8, 4) is 11.8 Å². The molecule has 21 heavy (non-hydrogen) atoms. The van der Waals surface area contributed by atoms with E-state index in [9.17, 15) is 8.42 Å². The minimum absolute atomic E-state index is 0.154. The van der Waals surface area contributed by atoms with Gasteiger partial charge in [-0.05, 0) is 24.6 Å². The Bertz CT molecular complexity index is 785. The first kappa shape index (κ1) is 15.3. The zero-order valence-corrected chi connectivity index (χ0v) is 12.4. The van der Waals surface area contributed by atoms with Crippen LogP contribution in [0.5, 0.6) is 0 Å². The van der Waals surface area contributed by atoms with Gasteiger partial charge in [0.15, 0.2) is 0 Å². The number of hydrogen-bond acceptors (Lipinski definition) is 4. The normalized spacial score (nSPS) is 11.0. The molecule has 0 unspecified atom stereocenters. The summed E-state index contributed by atoms with van der Waals surface area (Å²) in [5, 5.41) is 6.32. The molecule has 6 nitrogen and oxygen atoms in total. The van der Waals surface area contributed by atoms with E-state index in [1.165, 1.54) is 6.20 Å². The first-order chi connectivity index (χ1) is 10.0.